The topological polar surface area (TPSA) is 91.2 Å². The van der Waals surface area contributed by atoms with Gasteiger partial charge in [-0.25, -0.2) is 0 Å². The van der Waals surface area contributed by atoms with Gasteiger partial charge in [0.1, 0.15) is 17.3 Å². The second kappa shape index (κ2) is 8.94. The first kappa shape index (κ1) is 22.6. The summed E-state index contributed by atoms with van der Waals surface area (Å²) in [5, 5.41) is 15.1. The van der Waals surface area contributed by atoms with E-state index >= 15 is 0 Å². The van der Waals surface area contributed by atoms with Crippen LogP contribution in [-0.2, 0) is 4.79 Å². The molecule has 31 heavy (non-hydrogen) atoms. The molecule has 1 saturated carbocycles. The number of carbonyl (C=O) groups excluding carboxylic acids is 2. The number of carbonyl (C=O) groups is 2. The second-order valence-electron chi connectivity index (χ2n) is 9.29. The molecule has 7 heteroatoms. The third-order valence-electron chi connectivity index (χ3n) is 5.29. The van der Waals surface area contributed by atoms with Gasteiger partial charge in [0.15, 0.2) is 0 Å². The summed E-state index contributed by atoms with van der Waals surface area (Å²) in [6.07, 6.45) is 1.32. The Bertz CT molecular complexity index is 1020. The monoisotopic (exact) mass is 435 g/mol. The van der Waals surface area contributed by atoms with E-state index < -0.39 is 19.7 Å². The maximum atomic E-state index is 13.0. The molecular weight excluding hydrogens is 406 g/mol. The summed E-state index contributed by atoms with van der Waals surface area (Å²) in [7, 11) is -0.0466. The molecule has 3 rings (SSSR count). The highest BCUT2D eigenvalue weighted by molar-refractivity contribution is 6.76. The second-order valence-corrected chi connectivity index (χ2v) is 14.8. The minimum absolute atomic E-state index is 0.279. The Kier molecular flexibility index (Phi) is 6.51. The van der Waals surface area contributed by atoms with Crippen molar-refractivity contribution in [1.82, 2.24) is 10.6 Å². The number of nitriles is 1. The van der Waals surface area contributed by atoms with Crippen LogP contribution in [0.4, 0.5) is 0 Å². The van der Waals surface area contributed by atoms with Crippen LogP contribution in [0.3, 0.4) is 0 Å². The van der Waals surface area contributed by atoms with Gasteiger partial charge in [-0.15, -0.1) is 0 Å². The van der Waals surface area contributed by atoms with Crippen LogP contribution in [0.15, 0.2) is 48.5 Å². The minimum Gasteiger partial charge on any atom is -0.497 e. The van der Waals surface area contributed by atoms with Gasteiger partial charge in [-0.3, -0.25) is 9.59 Å². The lowest BCUT2D eigenvalue weighted by atomic mass is 10.0. The number of methoxy groups -OCH3 is 1. The Morgan fingerprint density at radius 2 is 1.77 bits per heavy atom. The van der Waals surface area contributed by atoms with Crippen LogP contribution >= 0.6 is 0 Å². The molecule has 2 N–H and O–H groups in total. The molecule has 162 valence electrons. The van der Waals surface area contributed by atoms with Gasteiger partial charge in [-0.05, 0) is 54.3 Å². The molecule has 0 aliphatic heterocycles. The SMILES string of the molecule is COc1cccc(-c2cccc(C(=O)NC(C[Si](C)(C)C)C(=O)NC3(C#N)CC3)c2)c1. The van der Waals surface area contributed by atoms with E-state index in [0.29, 0.717) is 24.4 Å². The summed E-state index contributed by atoms with van der Waals surface area (Å²) in [5.74, 6) is 0.162. The summed E-state index contributed by atoms with van der Waals surface area (Å²) in [6, 6.07) is 17.1. The number of hydrogen-bond acceptors (Lipinski definition) is 4. The Morgan fingerprint density at radius 1 is 1.13 bits per heavy atom. The number of nitrogens with zero attached hydrogens (tertiary/aromatic N) is 1. The van der Waals surface area contributed by atoms with Crippen LogP contribution in [-0.4, -0.2) is 38.6 Å². The lowest BCUT2D eigenvalue weighted by molar-refractivity contribution is -0.123. The van der Waals surface area contributed by atoms with Crippen molar-refractivity contribution in [3.05, 3.63) is 54.1 Å². The molecule has 2 amide bonds. The molecule has 0 radical (unpaired) electrons. The fourth-order valence-corrected chi connectivity index (χ4v) is 4.93. The zero-order valence-corrected chi connectivity index (χ0v) is 19.5. The fourth-order valence-electron chi connectivity index (χ4n) is 3.42. The smallest absolute Gasteiger partial charge is 0.251 e. The van der Waals surface area contributed by atoms with Crippen LogP contribution in [0.2, 0.25) is 25.7 Å². The van der Waals surface area contributed by atoms with Gasteiger partial charge in [-0.1, -0.05) is 43.9 Å². The van der Waals surface area contributed by atoms with Crippen molar-refractivity contribution in [3.8, 4) is 22.9 Å². The number of rotatable bonds is 8. The highest BCUT2D eigenvalue weighted by atomic mass is 28.3. The molecule has 1 aliphatic carbocycles. The number of ether oxygens (including phenoxy) is 1. The van der Waals surface area contributed by atoms with Crippen LogP contribution in [0.5, 0.6) is 5.75 Å². The Morgan fingerprint density at radius 3 is 2.35 bits per heavy atom. The zero-order chi connectivity index (χ0) is 22.6. The Labute approximate surface area is 184 Å². The maximum absolute atomic E-state index is 13.0. The van der Waals surface area contributed by atoms with Crippen LogP contribution in [0.1, 0.15) is 23.2 Å². The van der Waals surface area contributed by atoms with E-state index in [9.17, 15) is 14.9 Å². The Balaban J connectivity index is 1.79. The lowest BCUT2D eigenvalue weighted by Gasteiger charge is -2.26. The standard InChI is InChI=1S/C24H29N3O3Si/c1-30-20-10-6-8-18(14-20)17-7-5-9-19(13-17)22(28)26-21(15-31(2,3)4)23(29)27-24(16-25)11-12-24/h5-10,13-14,21H,11-12,15H2,1-4H3,(H,26,28)(H,27,29). The molecule has 1 unspecified atom stereocenters. The van der Waals surface area contributed by atoms with E-state index in [0.717, 1.165) is 16.9 Å². The van der Waals surface area contributed by atoms with Gasteiger partial charge in [0, 0.05) is 13.6 Å². The van der Waals surface area contributed by atoms with Gasteiger partial charge in [0.2, 0.25) is 5.91 Å². The fraction of sp³-hybridized carbons (Fsp3) is 0.375. The highest BCUT2D eigenvalue weighted by Gasteiger charge is 2.46. The largest absolute Gasteiger partial charge is 0.497 e. The van der Waals surface area contributed by atoms with E-state index in [2.05, 4.69) is 36.3 Å². The van der Waals surface area contributed by atoms with Crippen LogP contribution in [0.25, 0.3) is 11.1 Å². The van der Waals surface area contributed by atoms with Gasteiger partial charge in [-0.2, -0.15) is 5.26 Å². The summed E-state index contributed by atoms with van der Waals surface area (Å²) < 4.78 is 5.29. The van der Waals surface area contributed by atoms with E-state index in [1.165, 1.54) is 0 Å². The third kappa shape index (κ3) is 5.95. The van der Waals surface area contributed by atoms with E-state index in [1.54, 1.807) is 13.2 Å². The average Bonchev–Trinajstić information content (AvgIpc) is 3.52. The van der Waals surface area contributed by atoms with Crippen molar-refractivity contribution in [2.24, 2.45) is 0 Å². The molecule has 0 heterocycles. The molecule has 1 atom stereocenters. The lowest BCUT2D eigenvalue weighted by Crippen LogP contribution is -2.52. The molecule has 0 aromatic heterocycles. The van der Waals surface area contributed by atoms with Gasteiger partial charge >= 0.3 is 0 Å². The van der Waals surface area contributed by atoms with Crippen molar-refractivity contribution in [2.75, 3.05) is 7.11 Å². The van der Waals surface area contributed by atoms with Crippen molar-refractivity contribution in [2.45, 2.75) is 50.1 Å². The highest BCUT2D eigenvalue weighted by Crippen LogP contribution is 2.34. The number of amides is 2. The molecule has 1 fully saturated rings. The van der Waals surface area contributed by atoms with Crippen molar-refractivity contribution >= 4 is 19.9 Å². The van der Waals surface area contributed by atoms with Gasteiger partial charge in [0.05, 0.1) is 13.2 Å². The zero-order valence-electron chi connectivity index (χ0n) is 18.5. The summed E-state index contributed by atoms with van der Waals surface area (Å²) in [4.78, 5) is 25.9. The molecular formula is C24H29N3O3Si. The van der Waals surface area contributed by atoms with E-state index in [4.69, 9.17) is 4.74 Å². The quantitative estimate of drug-likeness (QED) is 0.614. The first-order chi connectivity index (χ1) is 14.6. The van der Waals surface area contributed by atoms with E-state index in [1.807, 2.05) is 42.5 Å². The average molecular weight is 436 g/mol. The summed E-state index contributed by atoms with van der Waals surface area (Å²) in [5.41, 5.74) is 1.55. The number of benzene rings is 2. The van der Waals surface area contributed by atoms with Crippen molar-refractivity contribution in [3.63, 3.8) is 0 Å². The molecule has 2 aromatic rings. The molecule has 2 aromatic carbocycles. The summed E-state index contributed by atoms with van der Waals surface area (Å²) in [6.45, 7) is 6.46. The molecule has 6 nitrogen and oxygen atoms in total. The number of nitrogens with one attached hydrogen (secondary N) is 2. The van der Waals surface area contributed by atoms with Crippen LogP contribution < -0.4 is 15.4 Å². The Hall–Kier alpha value is -3.11. The molecule has 1 aliphatic rings. The molecule has 0 saturated heterocycles. The first-order valence-corrected chi connectivity index (χ1v) is 14.1. The predicted octanol–water partition coefficient (Wildman–Crippen LogP) is 3.97. The summed E-state index contributed by atoms with van der Waals surface area (Å²) >= 11 is 0. The van der Waals surface area contributed by atoms with Gasteiger partial charge in [0.25, 0.3) is 5.91 Å². The maximum Gasteiger partial charge on any atom is 0.251 e. The third-order valence-corrected chi connectivity index (χ3v) is 6.93. The van der Waals surface area contributed by atoms with Gasteiger partial charge < -0.3 is 15.4 Å². The van der Waals surface area contributed by atoms with E-state index in [-0.39, 0.29) is 11.8 Å². The first-order valence-electron chi connectivity index (χ1n) is 10.4. The van der Waals surface area contributed by atoms with Crippen molar-refractivity contribution in [1.29, 1.82) is 5.26 Å². The van der Waals surface area contributed by atoms with Crippen LogP contribution in [0, 0.1) is 11.3 Å². The predicted molar refractivity (Wildman–Crippen MR) is 124 cm³/mol. The molecule has 0 spiro atoms. The van der Waals surface area contributed by atoms with Crippen molar-refractivity contribution < 1.29 is 14.3 Å². The minimum atomic E-state index is -1.66. The number of hydrogen-bond donors (Lipinski definition) is 2. The normalized spacial score (nSPS) is 15.3. The molecule has 0 bridgehead atoms.